The van der Waals surface area contributed by atoms with Crippen LogP contribution in [0.3, 0.4) is 0 Å². The predicted octanol–water partition coefficient (Wildman–Crippen LogP) is 2.39. The average molecular weight is 279 g/mol. The number of carbonyl (C=O) groups is 1. The molecule has 3 rings (SSSR count). The third-order valence-corrected chi connectivity index (χ3v) is 4.39. The van der Waals surface area contributed by atoms with E-state index >= 15 is 0 Å². The van der Waals surface area contributed by atoms with E-state index in [2.05, 4.69) is 6.07 Å². The van der Waals surface area contributed by atoms with Gasteiger partial charge in [0.2, 0.25) is 5.91 Å². The quantitative estimate of drug-likeness (QED) is 0.903. The summed E-state index contributed by atoms with van der Waals surface area (Å²) in [5.74, 6) is 0.772. The maximum absolute atomic E-state index is 12.4. The molecule has 2 fully saturated rings. The summed E-state index contributed by atoms with van der Waals surface area (Å²) in [6.07, 6.45) is 3.01. The molecule has 1 aliphatic carbocycles. The van der Waals surface area contributed by atoms with Crippen LogP contribution in [-0.4, -0.2) is 29.9 Å². The van der Waals surface area contributed by atoms with Gasteiger partial charge in [0.1, 0.15) is 0 Å². The fourth-order valence-electron chi connectivity index (χ4n) is 3.02. The molecule has 1 aromatic carbocycles. The molecule has 2 N–H and O–H groups in total. The average Bonchev–Trinajstić information content (AvgIpc) is 3.18. The van der Waals surface area contributed by atoms with Crippen LogP contribution in [0.15, 0.2) is 24.3 Å². The summed E-state index contributed by atoms with van der Waals surface area (Å²) in [6, 6.07) is 8.01. The van der Waals surface area contributed by atoms with E-state index in [4.69, 9.17) is 17.3 Å². The van der Waals surface area contributed by atoms with Gasteiger partial charge in [-0.15, -0.1) is 0 Å². The van der Waals surface area contributed by atoms with Gasteiger partial charge in [0, 0.05) is 30.1 Å². The predicted molar refractivity (Wildman–Crippen MR) is 76.1 cm³/mol. The number of likely N-dealkylation sites (tertiary alicyclic amines) is 1. The van der Waals surface area contributed by atoms with Gasteiger partial charge < -0.3 is 10.6 Å². The van der Waals surface area contributed by atoms with E-state index in [1.807, 2.05) is 23.1 Å². The molecule has 102 valence electrons. The Morgan fingerprint density at radius 1 is 1.42 bits per heavy atom. The molecule has 1 saturated carbocycles. The van der Waals surface area contributed by atoms with Crippen LogP contribution in [-0.2, 0) is 4.79 Å². The van der Waals surface area contributed by atoms with Gasteiger partial charge in [-0.05, 0) is 42.9 Å². The number of hydrogen-bond donors (Lipinski definition) is 1. The third-order valence-electron chi connectivity index (χ3n) is 4.15. The molecular weight excluding hydrogens is 260 g/mol. The zero-order valence-corrected chi connectivity index (χ0v) is 11.6. The van der Waals surface area contributed by atoms with E-state index in [-0.39, 0.29) is 17.9 Å². The highest BCUT2D eigenvalue weighted by molar-refractivity contribution is 6.30. The molecule has 1 amide bonds. The molecule has 0 aromatic heterocycles. The molecule has 2 aliphatic rings. The molecule has 19 heavy (non-hydrogen) atoms. The van der Waals surface area contributed by atoms with Gasteiger partial charge in [0.05, 0.1) is 0 Å². The van der Waals surface area contributed by atoms with E-state index in [9.17, 15) is 4.79 Å². The standard InChI is InChI=1S/C15H19ClN2O/c16-11-4-1-3-10(7-11)13-8-14(13)15(19)18-6-2-5-12(17)9-18/h1,3-4,7,12-14H,2,5-6,8-9,17H2. The summed E-state index contributed by atoms with van der Waals surface area (Å²) < 4.78 is 0. The van der Waals surface area contributed by atoms with Crippen molar-refractivity contribution < 1.29 is 4.79 Å². The third kappa shape index (κ3) is 2.77. The molecule has 1 aromatic rings. The highest BCUT2D eigenvalue weighted by Crippen LogP contribution is 2.49. The van der Waals surface area contributed by atoms with Gasteiger partial charge in [-0.25, -0.2) is 0 Å². The maximum atomic E-state index is 12.4. The lowest BCUT2D eigenvalue weighted by Crippen LogP contribution is -2.46. The van der Waals surface area contributed by atoms with Crippen LogP contribution in [0.4, 0.5) is 0 Å². The number of carbonyl (C=O) groups excluding carboxylic acids is 1. The largest absolute Gasteiger partial charge is 0.341 e. The molecule has 0 spiro atoms. The topological polar surface area (TPSA) is 46.3 Å². The number of piperidine rings is 1. The van der Waals surface area contributed by atoms with Crippen LogP contribution in [0.1, 0.15) is 30.7 Å². The zero-order valence-electron chi connectivity index (χ0n) is 10.9. The summed E-state index contributed by atoms with van der Waals surface area (Å²) in [6.45, 7) is 1.59. The lowest BCUT2D eigenvalue weighted by atomic mass is 10.0. The Morgan fingerprint density at radius 2 is 2.26 bits per heavy atom. The number of hydrogen-bond acceptors (Lipinski definition) is 2. The van der Waals surface area contributed by atoms with E-state index in [1.54, 1.807) is 0 Å². The van der Waals surface area contributed by atoms with E-state index in [1.165, 1.54) is 5.56 Å². The van der Waals surface area contributed by atoms with Gasteiger partial charge in [0.15, 0.2) is 0 Å². The second-order valence-corrected chi connectivity index (χ2v) is 6.13. The molecule has 0 radical (unpaired) electrons. The van der Waals surface area contributed by atoms with Gasteiger partial charge in [-0.3, -0.25) is 4.79 Å². The van der Waals surface area contributed by atoms with Crippen LogP contribution in [0.2, 0.25) is 5.02 Å². The first-order chi connectivity index (χ1) is 9.15. The van der Waals surface area contributed by atoms with Gasteiger partial charge in [-0.1, -0.05) is 23.7 Å². The first kappa shape index (κ1) is 12.9. The van der Waals surface area contributed by atoms with Crippen LogP contribution in [0.5, 0.6) is 0 Å². The Balaban J connectivity index is 1.64. The number of benzene rings is 1. The minimum absolute atomic E-state index is 0.142. The number of nitrogens with zero attached hydrogens (tertiary/aromatic N) is 1. The Bertz CT molecular complexity index is 491. The van der Waals surface area contributed by atoms with Crippen LogP contribution in [0, 0.1) is 5.92 Å². The number of amides is 1. The number of nitrogens with two attached hydrogens (primary N) is 1. The second-order valence-electron chi connectivity index (χ2n) is 5.69. The lowest BCUT2D eigenvalue weighted by molar-refractivity contribution is -0.133. The summed E-state index contributed by atoms with van der Waals surface area (Å²) in [5, 5.41) is 0.746. The van der Waals surface area contributed by atoms with Crippen molar-refractivity contribution in [3.05, 3.63) is 34.9 Å². The molecule has 1 saturated heterocycles. The van der Waals surface area contributed by atoms with E-state index in [0.717, 1.165) is 37.4 Å². The van der Waals surface area contributed by atoms with Crippen molar-refractivity contribution in [2.45, 2.75) is 31.2 Å². The fourth-order valence-corrected chi connectivity index (χ4v) is 3.22. The first-order valence-corrected chi connectivity index (χ1v) is 7.33. The van der Waals surface area contributed by atoms with Crippen molar-refractivity contribution in [2.24, 2.45) is 11.7 Å². The van der Waals surface area contributed by atoms with Crippen molar-refractivity contribution >= 4 is 17.5 Å². The highest BCUT2D eigenvalue weighted by atomic mass is 35.5. The molecule has 3 atom stereocenters. The molecule has 4 heteroatoms. The van der Waals surface area contributed by atoms with Crippen molar-refractivity contribution in [3.8, 4) is 0 Å². The monoisotopic (exact) mass is 278 g/mol. The smallest absolute Gasteiger partial charge is 0.226 e. The minimum atomic E-state index is 0.142. The molecular formula is C15H19ClN2O. The van der Waals surface area contributed by atoms with Crippen molar-refractivity contribution in [1.29, 1.82) is 0 Å². The molecule has 3 unspecified atom stereocenters. The Morgan fingerprint density at radius 3 is 3.00 bits per heavy atom. The maximum Gasteiger partial charge on any atom is 0.226 e. The molecule has 3 nitrogen and oxygen atoms in total. The Labute approximate surface area is 118 Å². The molecule has 1 aliphatic heterocycles. The second kappa shape index (κ2) is 5.14. The van der Waals surface area contributed by atoms with Crippen LogP contribution >= 0.6 is 11.6 Å². The Hall–Kier alpha value is -1.06. The molecule has 0 bridgehead atoms. The number of halogens is 1. The normalized spacial score (nSPS) is 30.2. The number of rotatable bonds is 2. The van der Waals surface area contributed by atoms with Gasteiger partial charge in [0.25, 0.3) is 0 Å². The highest BCUT2D eigenvalue weighted by Gasteiger charge is 2.46. The van der Waals surface area contributed by atoms with Gasteiger partial charge >= 0.3 is 0 Å². The summed E-state index contributed by atoms with van der Waals surface area (Å²) in [5.41, 5.74) is 7.12. The van der Waals surface area contributed by atoms with Gasteiger partial charge in [-0.2, -0.15) is 0 Å². The van der Waals surface area contributed by atoms with E-state index < -0.39 is 0 Å². The molecule has 1 heterocycles. The summed E-state index contributed by atoms with van der Waals surface area (Å²) in [4.78, 5) is 14.4. The first-order valence-electron chi connectivity index (χ1n) is 6.95. The fraction of sp³-hybridized carbons (Fsp3) is 0.533. The lowest BCUT2D eigenvalue weighted by Gasteiger charge is -2.31. The van der Waals surface area contributed by atoms with Crippen LogP contribution in [0.25, 0.3) is 0 Å². The minimum Gasteiger partial charge on any atom is -0.341 e. The van der Waals surface area contributed by atoms with E-state index in [0.29, 0.717) is 5.92 Å². The SMILES string of the molecule is NC1CCCN(C(=O)C2CC2c2cccc(Cl)c2)C1. The van der Waals surface area contributed by atoms with Crippen molar-refractivity contribution in [1.82, 2.24) is 4.90 Å². The summed E-state index contributed by atoms with van der Waals surface area (Å²) >= 11 is 6.00. The Kier molecular flexibility index (Phi) is 3.50. The summed E-state index contributed by atoms with van der Waals surface area (Å²) in [7, 11) is 0. The van der Waals surface area contributed by atoms with Crippen LogP contribution < -0.4 is 5.73 Å². The van der Waals surface area contributed by atoms with Crippen molar-refractivity contribution in [3.63, 3.8) is 0 Å². The van der Waals surface area contributed by atoms with Crippen molar-refractivity contribution in [2.75, 3.05) is 13.1 Å². The zero-order chi connectivity index (χ0) is 13.4.